The zero-order valence-corrected chi connectivity index (χ0v) is 9.56. The van der Waals surface area contributed by atoms with Gasteiger partial charge in [-0.25, -0.2) is 0 Å². The molecule has 0 unspecified atom stereocenters. The number of rotatable bonds is 4. The van der Waals surface area contributed by atoms with Gasteiger partial charge < -0.3 is 0 Å². The van der Waals surface area contributed by atoms with E-state index >= 15 is 0 Å². The summed E-state index contributed by atoms with van der Waals surface area (Å²) in [4.78, 5) is 11.5. The third-order valence-electron chi connectivity index (χ3n) is 2.06. The normalized spacial score (nSPS) is 10.1. The number of carbonyl (C=O) groups is 1. The molecule has 2 heteroatoms. The second-order valence-electron chi connectivity index (χ2n) is 3.32. The van der Waals surface area contributed by atoms with Crippen molar-refractivity contribution in [1.29, 1.82) is 0 Å². The lowest BCUT2D eigenvalue weighted by atomic mass is 10.1. The summed E-state index contributed by atoms with van der Waals surface area (Å²) in [6.07, 6.45) is 1.63. The quantitative estimate of drug-likeness (QED) is 0.755. The summed E-state index contributed by atoms with van der Waals surface area (Å²) in [6, 6.07) is 8.06. The van der Waals surface area contributed by atoms with Crippen molar-refractivity contribution in [2.75, 3.05) is 5.75 Å². The van der Waals surface area contributed by atoms with Gasteiger partial charge in [0.15, 0.2) is 5.12 Å². The number of carbonyl (C=O) groups excluding carboxylic acids is 1. The zero-order chi connectivity index (χ0) is 10.4. The summed E-state index contributed by atoms with van der Waals surface area (Å²) in [5.74, 6) is 0.935. The third-order valence-corrected chi connectivity index (χ3v) is 3.14. The first-order chi connectivity index (χ1) is 6.74. The predicted molar refractivity (Wildman–Crippen MR) is 62.6 cm³/mol. The molecule has 0 aliphatic heterocycles. The van der Waals surface area contributed by atoms with Crippen LogP contribution in [0.2, 0.25) is 0 Å². The van der Waals surface area contributed by atoms with E-state index in [4.69, 9.17) is 0 Å². The molecule has 0 radical (unpaired) electrons. The Bertz CT molecular complexity index is 307. The largest absolute Gasteiger partial charge is 0.287 e. The molecule has 0 aliphatic carbocycles. The van der Waals surface area contributed by atoms with E-state index in [0.29, 0.717) is 6.42 Å². The highest BCUT2D eigenvalue weighted by atomic mass is 32.2. The Morgan fingerprint density at radius 3 is 2.71 bits per heavy atom. The van der Waals surface area contributed by atoms with Gasteiger partial charge in [0.1, 0.15) is 0 Å². The van der Waals surface area contributed by atoms with Gasteiger partial charge in [0.2, 0.25) is 0 Å². The van der Waals surface area contributed by atoms with Gasteiger partial charge in [-0.05, 0) is 24.5 Å². The standard InChI is InChI=1S/C12H16OS/c1-3-8-14-12(13)9-11-7-5-4-6-10(11)2/h4-7H,3,8-9H2,1-2H3. The van der Waals surface area contributed by atoms with Crippen molar-refractivity contribution in [2.24, 2.45) is 0 Å². The highest BCUT2D eigenvalue weighted by Crippen LogP contribution is 2.13. The summed E-state index contributed by atoms with van der Waals surface area (Å²) in [5, 5.41) is 0.279. The molecule has 1 aromatic carbocycles. The van der Waals surface area contributed by atoms with Crippen LogP contribution in [0.3, 0.4) is 0 Å². The zero-order valence-electron chi connectivity index (χ0n) is 8.75. The fourth-order valence-electron chi connectivity index (χ4n) is 1.23. The molecule has 0 aromatic heterocycles. The van der Waals surface area contributed by atoms with Crippen molar-refractivity contribution >= 4 is 16.9 Å². The maximum atomic E-state index is 11.5. The van der Waals surface area contributed by atoms with Gasteiger partial charge in [0.05, 0.1) is 0 Å². The molecule has 0 aliphatic rings. The second kappa shape index (κ2) is 5.86. The van der Waals surface area contributed by atoms with Crippen molar-refractivity contribution in [3.8, 4) is 0 Å². The Kier molecular flexibility index (Phi) is 4.74. The van der Waals surface area contributed by atoms with Crippen molar-refractivity contribution in [1.82, 2.24) is 0 Å². The lowest BCUT2D eigenvalue weighted by Gasteiger charge is -2.03. The summed E-state index contributed by atoms with van der Waals surface area (Å²) >= 11 is 1.44. The highest BCUT2D eigenvalue weighted by Gasteiger charge is 2.05. The van der Waals surface area contributed by atoms with E-state index < -0.39 is 0 Å². The Morgan fingerprint density at radius 1 is 1.36 bits per heavy atom. The fraction of sp³-hybridized carbons (Fsp3) is 0.417. The van der Waals surface area contributed by atoms with Crippen LogP contribution in [0.4, 0.5) is 0 Å². The maximum absolute atomic E-state index is 11.5. The average molecular weight is 208 g/mol. The van der Waals surface area contributed by atoms with Gasteiger partial charge in [0, 0.05) is 12.2 Å². The summed E-state index contributed by atoms with van der Waals surface area (Å²) in [5.41, 5.74) is 2.36. The smallest absolute Gasteiger partial charge is 0.193 e. The Hall–Kier alpha value is -0.760. The van der Waals surface area contributed by atoms with E-state index in [-0.39, 0.29) is 5.12 Å². The predicted octanol–water partition coefficient (Wildman–Crippen LogP) is 3.21. The van der Waals surface area contributed by atoms with E-state index in [9.17, 15) is 4.79 Å². The van der Waals surface area contributed by atoms with Gasteiger partial charge in [-0.1, -0.05) is 43.0 Å². The number of aryl methyl sites for hydroxylation is 1. The monoisotopic (exact) mass is 208 g/mol. The van der Waals surface area contributed by atoms with E-state index in [1.807, 2.05) is 31.2 Å². The van der Waals surface area contributed by atoms with Crippen molar-refractivity contribution in [2.45, 2.75) is 26.7 Å². The Labute approximate surface area is 89.9 Å². The molecule has 0 saturated carbocycles. The minimum Gasteiger partial charge on any atom is -0.287 e. The molecule has 0 amide bonds. The first-order valence-corrected chi connectivity index (χ1v) is 5.92. The van der Waals surface area contributed by atoms with Crippen LogP contribution < -0.4 is 0 Å². The highest BCUT2D eigenvalue weighted by molar-refractivity contribution is 8.13. The fourth-order valence-corrected chi connectivity index (χ4v) is 1.92. The van der Waals surface area contributed by atoms with E-state index in [1.165, 1.54) is 17.3 Å². The first-order valence-electron chi connectivity index (χ1n) is 4.94. The molecule has 0 saturated heterocycles. The molecular formula is C12H16OS. The van der Waals surface area contributed by atoms with Crippen molar-refractivity contribution < 1.29 is 4.79 Å². The van der Waals surface area contributed by atoms with Crippen LogP contribution in [0, 0.1) is 6.92 Å². The molecule has 0 atom stereocenters. The minimum absolute atomic E-state index is 0.279. The molecule has 76 valence electrons. The lowest BCUT2D eigenvalue weighted by Crippen LogP contribution is -2.00. The van der Waals surface area contributed by atoms with Crippen LogP contribution in [-0.2, 0) is 11.2 Å². The third kappa shape index (κ3) is 3.54. The van der Waals surface area contributed by atoms with Gasteiger partial charge >= 0.3 is 0 Å². The minimum atomic E-state index is 0.279. The molecule has 0 fully saturated rings. The van der Waals surface area contributed by atoms with E-state index in [2.05, 4.69) is 6.92 Å². The van der Waals surface area contributed by atoms with Crippen LogP contribution in [0.25, 0.3) is 0 Å². The summed E-state index contributed by atoms with van der Waals surface area (Å²) in [6.45, 7) is 4.14. The van der Waals surface area contributed by atoms with Gasteiger partial charge in [-0.2, -0.15) is 0 Å². The van der Waals surface area contributed by atoms with E-state index in [0.717, 1.165) is 17.7 Å². The molecule has 0 bridgehead atoms. The van der Waals surface area contributed by atoms with Crippen molar-refractivity contribution in [3.63, 3.8) is 0 Å². The number of hydrogen-bond acceptors (Lipinski definition) is 2. The van der Waals surface area contributed by atoms with Crippen LogP contribution >= 0.6 is 11.8 Å². The molecule has 0 N–H and O–H groups in total. The molecule has 1 nitrogen and oxygen atoms in total. The molecular weight excluding hydrogens is 192 g/mol. The second-order valence-corrected chi connectivity index (χ2v) is 4.48. The summed E-state index contributed by atoms with van der Waals surface area (Å²) < 4.78 is 0. The van der Waals surface area contributed by atoms with Crippen molar-refractivity contribution in [3.05, 3.63) is 35.4 Å². The molecule has 1 rings (SSSR count). The van der Waals surface area contributed by atoms with Crippen LogP contribution in [0.15, 0.2) is 24.3 Å². The number of hydrogen-bond donors (Lipinski definition) is 0. The first kappa shape index (κ1) is 11.3. The van der Waals surface area contributed by atoms with Crippen LogP contribution in [-0.4, -0.2) is 10.9 Å². The Balaban J connectivity index is 2.52. The molecule has 1 aromatic rings. The average Bonchev–Trinajstić information content (AvgIpc) is 2.18. The van der Waals surface area contributed by atoms with Gasteiger partial charge in [0.25, 0.3) is 0 Å². The lowest BCUT2D eigenvalue weighted by molar-refractivity contribution is -0.110. The summed E-state index contributed by atoms with van der Waals surface area (Å²) in [7, 11) is 0. The SMILES string of the molecule is CCCSC(=O)Cc1ccccc1C. The van der Waals surface area contributed by atoms with Gasteiger partial charge in [-0.15, -0.1) is 0 Å². The topological polar surface area (TPSA) is 17.1 Å². The molecule has 0 spiro atoms. The van der Waals surface area contributed by atoms with Gasteiger partial charge in [-0.3, -0.25) is 4.79 Å². The van der Waals surface area contributed by atoms with Crippen LogP contribution in [0.1, 0.15) is 24.5 Å². The number of thioether (sulfide) groups is 1. The molecule has 0 heterocycles. The van der Waals surface area contributed by atoms with E-state index in [1.54, 1.807) is 0 Å². The maximum Gasteiger partial charge on any atom is 0.193 e. The molecule has 14 heavy (non-hydrogen) atoms. The number of benzene rings is 1. The Morgan fingerprint density at radius 2 is 2.07 bits per heavy atom. The van der Waals surface area contributed by atoms with Crippen LogP contribution in [0.5, 0.6) is 0 Å².